The maximum atomic E-state index is 12.0. The Morgan fingerprint density at radius 3 is 0.839 bits per heavy atom. The molecule has 0 rings (SSSR count). The molecular weight excluding hydrogens is 724 g/mol. The van der Waals surface area contributed by atoms with Crippen molar-refractivity contribution in [3.63, 3.8) is 0 Å². The zero-order chi connectivity index (χ0) is 40.5. The van der Waals surface area contributed by atoms with E-state index in [4.69, 9.17) is 56.8 Å². The van der Waals surface area contributed by atoms with Crippen molar-refractivity contribution in [3.05, 3.63) is 0 Å². The summed E-state index contributed by atoms with van der Waals surface area (Å²) in [6, 6.07) is 0. The molecule has 0 fully saturated rings. The van der Waals surface area contributed by atoms with Gasteiger partial charge in [0, 0.05) is 6.61 Å². The molecule has 56 heavy (non-hydrogen) atoms. The Labute approximate surface area is 342 Å². The fraction of sp³-hybridized carbons (Fsp3) is 0.977. The van der Waals surface area contributed by atoms with Crippen molar-refractivity contribution < 1.29 is 61.6 Å². The van der Waals surface area contributed by atoms with E-state index >= 15 is 0 Å². The summed E-state index contributed by atoms with van der Waals surface area (Å²) in [7, 11) is 0. The highest BCUT2D eigenvalue weighted by Crippen LogP contribution is 2.14. The second-order valence-corrected chi connectivity index (χ2v) is 13.7. The van der Waals surface area contributed by atoms with Gasteiger partial charge < -0.3 is 56.8 Å². The second kappa shape index (κ2) is 50.2. The van der Waals surface area contributed by atoms with Crippen molar-refractivity contribution in [2.75, 3.05) is 152 Å². The first kappa shape index (κ1) is 55.0. The lowest BCUT2D eigenvalue weighted by Crippen LogP contribution is -2.20. The predicted octanol–water partition coefficient (Wildman–Crippen LogP) is 7.24. The minimum Gasteiger partial charge on any atom is -0.463 e. The summed E-state index contributed by atoms with van der Waals surface area (Å²) in [5.74, 6) is -0.121. The SMILES string of the molecule is CCCCCCCCCCCCCOCCOCCOCCOCCOCCOCCOCCOCCOCCOCCOCCOC(=O)C(CC)CCCC. The molecule has 0 aliphatic heterocycles. The van der Waals surface area contributed by atoms with Crippen molar-refractivity contribution in [2.45, 2.75) is 117 Å². The predicted molar refractivity (Wildman–Crippen MR) is 220 cm³/mol. The number of unbranched alkanes of at least 4 members (excludes halogenated alkanes) is 11. The van der Waals surface area contributed by atoms with E-state index in [2.05, 4.69) is 13.8 Å². The van der Waals surface area contributed by atoms with Gasteiger partial charge in [-0.2, -0.15) is 0 Å². The molecule has 0 amide bonds. The lowest BCUT2D eigenvalue weighted by molar-refractivity contribution is -0.150. The van der Waals surface area contributed by atoms with E-state index in [1.807, 2.05) is 6.92 Å². The van der Waals surface area contributed by atoms with Crippen LogP contribution in [-0.2, 0) is 61.6 Å². The van der Waals surface area contributed by atoms with Crippen LogP contribution in [0.1, 0.15) is 117 Å². The van der Waals surface area contributed by atoms with Crippen LogP contribution < -0.4 is 0 Å². The van der Waals surface area contributed by atoms with Crippen LogP contribution in [0.25, 0.3) is 0 Å². The van der Waals surface area contributed by atoms with E-state index < -0.39 is 0 Å². The molecule has 0 radical (unpaired) electrons. The Bertz CT molecular complexity index is 734. The summed E-state index contributed by atoms with van der Waals surface area (Å²) in [5, 5.41) is 0. The van der Waals surface area contributed by atoms with Crippen molar-refractivity contribution in [2.24, 2.45) is 5.92 Å². The smallest absolute Gasteiger partial charge is 0.308 e. The van der Waals surface area contributed by atoms with Gasteiger partial charge in [0.2, 0.25) is 0 Å². The third-order valence-electron chi connectivity index (χ3n) is 8.82. The molecule has 0 saturated carbocycles. The van der Waals surface area contributed by atoms with Crippen LogP contribution in [-0.4, -0.2) is 158 Å². The number of carbonyl (C=O) groups is 1. The molecule has 13 heteroatoms. The van der Waals surface area contributed by atoms with Crippen molar-refractivity contribution in [3.8, 4) is 0 Å². The van der Waals surface area contributed by atoms with Gasteiger partial charge in [-0.1, -0.05) is 97.8 Å². The van der Waals surface area contributed by atoms with E-state index in [0.29, 0.717) is 139 Å². The Morgan fingerprint density at radius 1 is 0.304 bits per heavy atom. The van der Waals surface area contributed by atoms with Crippen LogP contribution in [0.5, 0.6) is 0 Å². The van der Waals surface area contributed by atoms with Crippen LogP contribution in [0.3, 0.4) is 0 Å². The molecule has 0 saturated heterocycles. The minimum atomic E-state index is -0.118. The fourth-order valence-corrected chi connectivity index (χ4v) is 5.43. The molecule has 0 heterocycles. The van der Waals surface area contributed by atoms with Gasteiger partial charge in [-0.15, -0.1) is 0 Å². The number of rotatable bonds is 50. The lowest BCUT2D eigenvalue weighted by atomic mass is 10.00. The summed E-state index contributed by atoms with van der Waals surface area (Å²) < 4.78 is 66.1. The Morgan fingerprint density at radius 2 is 0.554 bits per heavy atom. The van der Waals surface area contributed by atoms with Crippen LogP contribution in [0, 0.1) is 5.92 Å². The number of hydrogen-bond acceptors (Lipinski definition) is 13. The molecule has 1 unspecified atom stereocenters. The third-order valence-corrected chi connectivity index (χ3v) is 8.82. The van der Waals surface area contributed by atoms with Gasteiger partial charge in [-0.3, -0.25) is 4.79 Å². The summed E-state index contributed by atoms with van der Waals surface area (Å²) in [4.78, 5) is 12.0. The molecule has 1 atom stereocenters. The number of carbonyl (C=O) groups excluding carboxylic acids is 1. The fourth-order valence-electron chi connectivity index (χ4n) is 5.43. The Kier molecular flexibility index (Phi) is 49.3. The van der Waals surface area contributed by atoms with Gasteiger partial charge in [0.1, 0.15) is 6.61 Å². The zero-order valence-electron chi connectivity index (χ0n) is 36.3. The number of hydrogen-bond donors (Lipinski definition) is 0. The third kappa shape index (κ3) is 45.7. The second-order valence-electron chi connectivity index (χ2n) is 13.7. The van der Waals surface area contributed by atoms with Crippen molar-refractivity contribution in [1.82, 2.24) is 0 Å². The standard InChI is InChI=1S/C43H86O13/c1-4-7-9-10-11-12-13-14-15-16-17-19-45-20-21-46-22-23-47-24-25-48-26-27-49-28-29-50-30-31-51-32-33-52-34-35-53-36-37-54-38-39-55-40-41-56-43(44)42(6-3)18-8-5-2/h42H,4-41H2,1-3H3. The molecule has 13 nitrogen and oxygen atoms in total. The summed E-state index contributed by atoms with van der Waals surface area (Å²) in [6.45, 7) is 18.3. The monoisotopic (exact) mass is 811 g/mol. The molecule has 0 N–H and O–H groups in total. The largest absolute Gasteiger partial charge is 0.463 e. The Hall–Kier alpha value is -0.970. The average molecular weight is 811 g/mol. The maximum absolute atomic E-state index is 12.0. The lowest BCUT2D eigenvalue weighted by Gasteiger charge is -2.13. The summed E-state index contributed by atoms with van der Waals surface area (Å²) in [6.07, 6.45) is 18.7. The molecule has 336 valence electrons. The van der Waals surface area contributed by atoms with Gasteiger partial charge in [0.25, 0.3) is 0 Å². The first-order valence-electron chi connectivity index (χ1n) is 22.3. The van der Waals surface area contributed by atoms with E-state index in [1.54, 1.807) is 0 Å². The van der Waals surface area contributed by atoms with E-state index in [1.165, 1.54) is 64.2 Å². The van der Waals surface area contributed by atoms with Gasteiger partial charge in [-0.25, -0.2) is 0 Å². The zero-order valence-corrected chi connectivity index (χ0v) is 36.3. The minimum absolute atomic E-state index is 0.00308. The van der Waals surface area contributed by atoms with E-state index in [-0.39, 0.29) is 18.5 Å². The Balaban J connectivity index is 3.12. The number of esters is 1. The summed E-state index contributed by atoms with van der Waals surface area (Å²) in [5.41, 5.74) is 0. The highest BCUT2D eigenvalue weighted by atomic mass is 16.6. The highest BCUT2D eigenvalue weighted by Gasteiger charge is 2.17. The van der Waals surface area contributed by atoms with Gasteiger partial charge in [-0.05, 0) is 19.3 Å². The molecule has 0 bridgehead atoms. The molecular formula is C43H86O13. The van der Waals surface area contributed by atoms with Crippen LogP contribution >= 0.6 is 0 Å². The topological polar surface area (TPSA) is 128 Å². The normalized spacial score (nSPS) is 12.1. The number of ether oxygens (including phenoxy) is 12. The molecule has 0 aromatic heterocycles. The molecule has 0 spiro atoms. The maximum Gasteiger partial charge on any atom is 0.308 e. The molecule has 0 aromatic carbocycles. The van der Waals surface area contributed by atoms with E-state index in [9.17, 15) is 4.79 Å². The van der Waals surface area contributed by atoms with Crippen LogP contribution in [0.4, 0.5) is 0 Å². The average Bonchev–Trinajstić information content (AvgIpc) is 3.21. The molecule has 0 aromatic rings. The van der Waals surface area contributed by atoms with Gasteiger partial charge >= 0.3 is 5.97 Å². The molecule has 0 aliphatic carbocycles. The quantitative estimate of drug-likeness (QED) is 0.0453. The first-order chi connectivity index (χ1) is 27.8. The van der Waals surface area contributed by atoms with Crippen molar-refractivity contribution >= 4 is 5.97 Å². The van der Waals surface area contributed by atoms with Crippen LogP contribution in [0.2, 0.25) is 0 Å². The van der Waals surface area contributed by atoms with Gasteiger partial charge in [0.15, 0.2) is 0 Å². The first-order valence-corrected chi connectivity index (χ1v) is 22.3. The van der Waals surface area contributed by atoms with Crippen LogP contribution in [0.15, 0.2) is 0 Å². The van der Waals surface area contributed by atoms with Gasteiger partial charge in [0.05, 0.1) is 145 Å². The summed E-state index contributed by atoms with van der Waals surface area (Å²) >= 11 is 0. The highest BCUT2D eigenvalue weighted by molar-refractivity contribution is 5.72. The molecule has 0 aliphatic rings. The van der Waals surface area contributed by atoms with E-state index in [0.717, 1.165) is 38.7 Å². The van der Waals surface area contributed by atoms with Crippen molar-refractivity contribution in [1.29, 1.82) is 0 Å².